The second-order valence-electron chi connectivity index (χ2n) is 5.66. The maximum Gasteiger partial charge on any atom is 0.0939 e. The first-order chi connectivity index (χ1) is 7.67. The van der Waals surface area contributed by atoms with E-state index < -0.39 is 0 Å². The SMILES string of the molecule is CC(CN)C(C)C1CCOC2(CCOC2)C1. The molecule has 2 aliphatic heterocycles. The zero-order chi connectivity index (χ0) is 11.6. The van der Waals surface area contributed by atoms with Gasteiger partial charge in [0.15, 0.2) is 0 Å². The molecule has 94 valence electrons. The second-order valence-corrected chi connectivity index (χ2v) is 5.66. The zero-order valence-corrected chi connectivity index (χ0v) is 10.6. The van der Waals surface area contributed by atoms with E-state index in [0.29, 0.717) is 11.8 Å². The van der Waals surface area contributed by atoms with E-state index in [4.69, 9.17) is 15.2 Å². The fourth-order valence-electron chi connectivity index (χ4n) is 3.06. The van der Waals surface area contributed by atoms with Crippen LogP contribution in [0.2, 0.25) is 0 Å². The number of hydrogen-bond acceptors (Lipinski definition) is 3. The predicted octanol–water partition coefficient (Wildman–Crippen LogP) is 1.80. The van der Waals surface area contributed by atoms with Crippen molar-refractivity contribution in [1.82, 2.24) is 0 Å². The number of nitrogens with two attached hydrogens (primary N) is 1. The average molecular weight is 227 g/mol. The lowest BCUT2D eigenvalue weighted by atomic mass is 9.74. The lowest BCUT2D eigenvalue weighted by Crippen LogP contribution is -2.43. The van der Waals surface area contributed by atoms with Crippen molar-refractivity contribution in [2.45, 2.75) is 38.7 Å². The van der Waals surface area contributed by atoms with Crippen molar-refractivity contribution < 1.29 is 9.47 Å². The van der Waals surface area contributed by atoms with Crippen molar-refractivity contribution in [3.63, 3.8) is 0 Å². The van der Waals surface area contributed by atoms with E-state index in [9.17, 15) is 0 Å². The molecule has 0 aromatic carbocycles. The maximum absolute atomic E-state index is 5.96. The highest BCUT2D eigenvalue weighted by atomic mass is 16.6. The summed E-state index contributed by atoms with van der Waals surface area (Å²) in [4.78, 5) is 0. The molecule has 0 aromatic rings. The molecule has 0 aliphatic carbocycles. The van der Waals surface area contributed by atoms with E-state index in [1.54, 1.807) is 0 Å². The van der Waals surface area contributed by atoms with Gasteiger partial charge in [0.25, 0.3) is 0 Å². The Balaban J connectivity index is 1.95. The summed E-state index contributed by atoms with van der Waals surface area (Å²) in [6.45, 7) is 7.97. The fraction of sp³-hybridized carbons (Fsp3) is 1.00. The van der Waals surface area contributed by atoms with Crippen LogP contribution in [-0.2, 0) is 9.47 Å². The minimum Gasteiger partial charge on any atom is -0.378 e. The summed E-state index contributed by atoms with van der Waals surface area (Å²) in [5.74, 6) is 2.07. The summed E-state index contributed by atoms with van der Waals surface area (Å²) >= 11 is 0. The van der Waals surface area contributed by atoms with Gasteiger partial charge in [0.05, 0.1) is 12.2 Å². The van der Waals surface area contributed by atoms with Crippen molar-refractivity contribution in [2.75, 3.05) is 26.4 Å². The number of ether oxygens (including phenoxy) is 2. The van der Waals surface area contributed by atoms with Crippen LogP contribution < -0.4 is 5.73 Å². The van der Waals surface area contributed by atoms with Gasteiger partial charge < -0.3 is 15.2 Å². The molecular weight excluding hydrogens is 202 g/mol. The van der Waals surface area contributed by atoms with Crippen LogP contribution in [-0.4, -0.2) is 32.0 Å². The second kappa shape index (κ2) is 5.03. The van der Waals surface area contributed by atoms with Gasteiger partial charge in [-0.2, -0.15) is 0 Å². The molecule has 4 unspecified atom stereocenters. The fourth-order valence-corrected chi connectivity index (χ4v) is 3.06. The van der Waals surface area contributed by atoms with Crippen molar-refractivity contribution in [2.24, 2.45) is 23.5 Å². The molecule has 16 heavy (non-hydrogen) atoms. The molecule has 3 nitrogen and oxygen atoms in total. The summed E-state index contributed by atoms with van der Waals surface area (Å²) in [7, 11) is 0. The molecule has 2 heterocycles. The maximum atomic E-state index is 5.96. The third-order valence-corrected chi connectivity index (χ3v) is 4.61. The molecule has 2 rings (SSSR count). The van der Waals surface area contributed by atoms with Crippen LogP contribution in [0.1, 0.15) is 33.1 Å². The lowest BCUT2D eigenvalue weighted by molar-refractivity contribution is -0.108. The minimum absolute atomic E-state index is 0.0471. The molecule has 0 radical (unpaired) electrons. The highest BCUT2D eigenvalue weighted by molar-refractivity contribution is 4.92. The first kappa shape index (κ1) is 12.3. The summed E-state index contributed by atoms with van der Waals surface area (Å²) in [6.07, 6.45) is 3.43. The summed E-state index contributed by atoms with van der Waals surface area (Å²) in [5, 5.41) is 0. The van der Waals surface area contributed by atoms with Crippen molar-refractivity contribution in [3.8, 4) is 0 Å². The van der Waals surface area contributed by atoms with Gasteiger partial charge in [-0.15, -0.1) is 0 Å². The molecular formula is C13H25NO2. The van der Waals surface area contributed by atoms with Gasteiger partial charge in [-0.25, -0.2) is 0 Å². The zero-order valence-electron chi connectivity index (χ0n) is 10.6. The standard InChI is InChI=1S/C13H25NO2/c1-10(8-14)11(2)12-3-5-16-13(7-12)4-6-15-9-13/h10-12H,3-9,14H2,1-2H3. The van der Waals surface area contributed by atoms with E-state index in [-0.39, 0.29) is 5.60 Å². The molecule has 0 bridgehead atoms. The first-order valence-electron chi connectivity index (χ1n) is 6.59. The third-order valence-electron chi connectivity index (χ3n) is 4.61. The molecule has 0 amide bonds. The Hall–Kier alpha value is -0.120. The Morgan fingerprint density at radius 1 is 1.38 bits per heavy atom. The Morgan fingerprint density at radius 2 is 2.19 bits per heavy atom. The normalized spacial score (nSPS) is 38.8. The summed E-state index contributed by atoms with van der Waals surface area (Å²) in [5.41, 5.74) is 5.82. The van der Waals surface area contributed by atoms with Crippen LogP contribution >= 0.6 is 0 Å². The lowest BCUT2D eigenvalue weighted by Gasteiger charge is -2.41. The molecule has 2 aliphatic rings. The smallest absolute Gasteiger partial charge is 0.0939 e. The van der Waals surface area contributed by atoms with E-state index in [1.807, 2.05) is 0 Å². The molecule has 2 fully saturated rings. The van der Waals surface area contributed by atoms with Gasteiger partial charge in [-0.1, -0.05) is 13.8 Å². The quantitative estimate of drug-likeness (QED) is 0.799. The van der Waals surface area contributed by atoms with E-state index in [0.717, 1.165) is 38.7 Å². The molecule has 1 spiro atoms. The van der Waals surface area contributed by atoms with Gasteiger partial charge in [-0.3, -0.25) is 0 Å². The highest BCUT2D eigenvalue weighted by Gasteiger charge is 2.42. The Bertz CT molecular complexity index is 226. The average Bonchev–Trinajstić information content (AvgIpc) is 2.75. The van der Waals surface area contributed by atoms with Crippen LogP contribution in [0.3, 0.4) is 0 Å². The van der Waals surface area contributed by atoms with Crippen LogP contribution in [0.15, 0.2) is 0 Å². The molecule has 2 saturated heterocycles. The van der Waals surface area contributed by atoms with Gasteiger partial charge in [0.2, 0.25) is 0 Å². The number of hydrogen-bond donors (Lipinski definition) is 1. The molecule has 3 heteroatoms. The summed E-state index contributed by atoms with van der Waals surface area (Å²) in [6, 6.07) is 0. The van der Waals surface area contributed by atoms with E-state index >= 15 is 0 Å². The van der Waals surface area contributed by atoms with Gasteiger partial charge in [0.1, 0.15) is 0 Å². The van der Waals surface area contributed by atoms with Gasteiger partial charge in [-0.05, 0) is 37.1 Å². The third kappa shape index (κ3) is 2.41. The summed E-state index contributed by atoms with van der Waals surface area (Å²) < 4.78 is 11.5. The van der Waals surface area contributed by atoms with Crippen molar-refractivity contribution in [1.29, 1.82) is 0 Å². The molecule has 4 atom stereocenters. The minimum atomic E-state index is 0.0471. The van der Waals surface area contributed by atoms with E-state index in [1.165, 1.54) is 12.8 Å². The molecule has 0 saturated carbocycles. The van der Waals surface area contributed by atoms with Gasteiger partial charge in [0, 0.05) is 19.6 Å². The molecule has 2 N–H and O–H groups in total. The Labute approximate surface area is 98.7 Å². The topological polar surface area (TPSA) is 44.5 Å². The van der Waals surface area contributed by atoms with Crippen LogP contribution in [0, 0.1) is 17.8 Å². The Kier molecular flexibility index (Phi) is 3.88. The predicted molar refractivity (Wildman–Crippen MR) is 64.2 cm³/mol. The van der Waals surface area contributed by atoms with Crippen LogP contribution in [0.4, 0.5) is 0 Å². The van der Waals surface area contributed by atoms with Crippen LogP contribution in [0.25, 0.3) is 0 Å². The Morgan fingerprint density at radius 3 is 2.81 bits per heavy atom. The first-order valence-corrected chi connectivity index (χ1v) is 6.59. The monoisotopic (exact) mass is 227 g/mol. The largest absolute Gasteiger partial charge is 0.378 e. The van der Waals surface area contributed by atoms with Crippen molar-refractivity contribution in [3.05, 3.63) is 0 Å². The number of rotatable bonds is 3. The molecule has 0 aromatic heterocycles. The van der Waals surface area contributed by atoms with E-state index in [2.05, 4.69) is 13.8 Å². The highest BCUT2D eigenvalue weighted by Crippen LogP contribution is 2.40. The van der Waals surface area contributed by atoms with Crippen LogP contribution in [0.5, 0.6) is 0 Å². The van der Waals surface area contributed by atoms with Gasteiger partial charge >= 0.3 is 0 Å². The van der Waals surface area contributed by atoms with Crippen molar-refractivity contribution >= 4 is 0 Å².